The maximum Gasteiger partial charge on any atom is 0.198 e. The number of hydrogen-bond donors (Lipinski definition) is 0. The molecule has 0 atom stereocenters. The van der Waals surface area contributed by atoms with Gasteiger partial charge >= 0.3 is 0 Å². The Morgan fingerprint density at radius 1 is 1.31 bits per heavy atom. The van der Waals surface area contributed by atoms with Gasteiger partial charge in [0.2, 0.25) is 0 Å². The van der Waals surface area contributed by atoms with Crippen LogP contribution in [0, 0.1) is 11.3 Å². The molecule has 1 saturated heterocycles. The van der Waals surface area contributed by atoms with Crippen molar-refractivity contribution in [3.05, 3.63) is 0 Å². The highest BCUT2D eigenvalue weighted by atomic mass is 19.1. The zero-order valence-electron chi connectivity index (χ0n) is 7.80. The third-order valence-corrected chi connectivity index (χ3v) is 3.38. The Morgan fingerprint density at radius 2 is 1.92 bits per heavy atom. The molecule has 1 saturated carbocycles. The molecule has 0 unspecified atom stereocenters. The largest absolute Gasteiger partial charge is 0.300 e. The Balaban J connectivity index is 1.85. The predicted octanol–water partition coefficient (Wildman–Crippen LogP) is 1.87. The van der Waals surface area contributed by atoms with Crippen molar-refractivity contribution in [2.45, 2.75) is 43.8 Å². The third kappa shape index (κ3) is 1.68. The third-order valence-electron chi connectivity index (χ3n) is 3.38. The van der Waals surface area contributed by atoms with Gasteiger partial charge in [0.15, 0.2) is 5.67 Å². The van der Waals surface area contributed by atoms with E-state index in [4.69, 9.17) is 5.26 Å². The predicted molar refractivity (Wildman–Crippen MR) is 47.9 cm³/mol. The summed E-state index contributed by atoms with van der Waals surface area (Å²) >= 11 is 0. The lowest BCUT2D eigenvalue weighted by atomic mass is 9.87. The molecule has 3 heteroatoms. The number of piperidine rings is 1. The molecular formula is C10H15FN2. The lowest BCUT2D eigenvalue weighted by Gasteiger charge is -2.42. The van der Waals surface area contributed by atoms with E-state index in [1.54, 1.807) is 6.07 Å². The van der Waals surface area contributed by atoms with E-state index in [0.29, 0.717) is 18.9 Å². The zero-order chi connectivity index (χ0) is 9.31. The smallest absolute Gasteiger partial charge is 0.198 e. The highest BCUT2D eigenvalue weighted by Gasteiger charge is 2.37. The second kappa shape index (κ2) is 3.26. The molecule has 2 aliphatic rings. The van der Waals surface area contributed by atoms with E-state index in [9.17, 15) is 4.39 Å². The van der Waals surface area contributed by atoms with Gasteiger partial charge in [-0.1, -0.05) is 6.42 Å². The fraction of sp³-hybridized carbons (Fsp3) is 0.900. The average molecular weight is 182 g/mol. The summed E-state index contributed by atoms with van der Waals surface area (Å²) in [5, 5.41) is 8.60. The van der Waals surface area contributed by atoms with Crippen LogP contribution in [0.25, 0.3) is 0 Å². The fourth-order valence-electron chi connectivity index (χ4n) is 2.11. The standard InChI is InChI=1S/C10H15FN2/c11-10(8-12)4-6-13(7-5-10)9-2-1-3-9/h9H,1-7H2. The molecule has 0 aromatic rings. The van der Waals surface area contributed by atoms with E-state index in [-0.39, 0.29) is 0 Å². The van der Waals surface area contributed by atoms with Crippen LogP contribution >= 0.6 is 0 Å². The molecule has 0 bridgehead atoms. The molecular weight excluding hydrogens is 167 g/mol. The molecule has 2 fully saturated rings. The molecule has 0 radical (unpaired) electrons. The molecule has 72 valence electrons. The Kier molecular flexibility index (Phi) is 2.25. The minimum absolute atomic E-state index is 0.403. The van der Waals surface area contributed by atoms with Gasteiger partial charge in [-0.15, -0.1) is 0 Å². The first-order valence-corrected chi connectivity index (χ1v) is 5.08. The normalized spacial score (nSPS) is 29.2. The fourth-order valence-corrected chi connectivity index (χ4v) is 2.11. The molecule has 2 nitrogen and oxygen atoms in total. The molecule has 0 aromatic carbocycles. The van der Waals surface area contributed by atoms with Crippen LogP contribution in [-0.4, -0.2) is 29.7 Å². The Bertz CT molecular complexity index is 222. The van der Waals surface area contributed by atoms with E-state index in [1.165, 1.54) is 19.3 Å². The number of alkyl halides is 1. The van der Waals surface area contributed by atoms with E-state index in [1.807, 2.05) is 0 Å². The van der Waals surface area contributed by atoms with E-state index < -0.39 is 5.67 Å². The number of likely N-dealkylation sites (tertiary alicyclic amines) is 1. The second-order valence-corrected chi connectivity index (χ2v) is 4.20. The van der Waals surface area contributed by atoms with Crippen molar-refractivity contribution in [2.24, 2.45) is 0 Å². The molecule has 0 aromatic heterocycles. The van der Waals surface area contributed by atoms with Gasteiger partial charge in [0.25, 0.3) is 0 Å². The van der Waals surface area contributed by atoms with Gasteiger partial charge in [-0.05, 0) is 12.8 Å². The number of hydrogen-bond acceptors (Lipinski definition) is 2. The first kappa shape index (κ1) is 8.96. The van der Waals surface area contributed by atoms with Crippen LogP contribution in [0.15, 0.2) is 0 Å². The summed E-state index contributed by atoms with van der Waals surface area (Å²) in [5.41, 5.74) is -1.53. The topological polar surface area (TPSA) is 27.0 Å². The van der Waals surface area contributed by atoms with Crippen LogP contribution in [-0.2, 0) is 0 Å². The molecule has 0 N–H and O–H groups in total. The van der Waals surface area contributed by atoms with Crippen molar-refractivity contribution in [3.63, 3.8) is 0 Å². The van der Waals surface area contributed by atoms with E-state index in [0.717, 1.165) is 13.1 Å². The lowest BCUT2D eigenvalue weighted by molar-refractivity contribution is 0.0466. The number of halogens is 1. The summed E-state index contributed by atoms with van der Waals surface area (Å²) in [4.78, 5) is 2.35. The van der Waals surface area contributed by atoms with Crippen LogP contribution in [0.1, 0.15) is 32.1 Å². The Hall–Kier alpha value is -0.620. The zero-order valence-corrected chi connectivity index (χ0v) is 7.80. The number of nitriles is 1. The van der Waals surface area contributed by atoms with Crippen molar-refractivity contribution >= 4 is 0 Å². The van der Waals surface area contributed by atoms with E-state index in [2.05, 4.69) is 4.90 Å². The molecule has 1 aliphatic heterocycles. The monoisotopic (exact) mass is 182 g/mol. The van der Waals surface area contributed by atoms with Gasteiger partial charge in [0.1, 0.15) is 6.07 Å². The maximum absolute atomic E-state index is 13.5. The van der Waals surface area contributed by atoms with Gasteiger partial charge in [-0.3, -0.25) is 0 Å². The number of nitrogens with zero attached hydrogens (tertiary/aromatic N) is 2. The van der Waals surface area contributed by atoms with Crippen molar-refractivity contribution in [1.29, 1.82) is 5.26 Å². The van der Waals surface area contributed by atoms with Gasteiger partial charge in [0.05, 0.1) is 0 Å². The highest BCUT2D eigenvalue weighted by molar-refractivity contribution is 5.04. The first-order valence-electron chi connectivity index (χ1n) is 5.08. The molecule has 13 heavy (non-hydrogen) atoms. The van der Waals surface area contributed by atoms with Gasteiger partial charge < -0.3 is 4.90 Å². The molecule has 1 aliphatic carbocycles. The summed E-state index contributed by atoms with van der Waals surface area (Å²) < 4.78 is 13.5. The summed E-state index contributed by atoms with van der Waals surface area (Å²) in [6, 6.07) is 2.48. The molecule has 0 spiro atoms. The van der Waals surface area contributed by atoms with Crippen LogP contribution < -0.4 is 0 Å². The minimum atomic E-state index is -1.53. The van der Waals surface area contributed by atoms with Gasteiger partial charge in [-0.25, -0.2) is 4.39 Å². The van der Waals surface area contributed by atoms with Gasteiger partial charge in [0, 0.05) is 32.0 Å². The Morgan fingerprint density at radius 3 is 2.31 bits per heavy atom. The van der Waals surface area contributed by atoms with Crippen molar-refractivity contribution < 1.29 is 4.39 Å². The first-order chi connectivity index (χ1) is 6.23. The number of rotatable bonds is 1. The quantitative estimate of drug-likeness (QED) is 0.619. The minimum Gasteiger partial charge on any atom is -0.300 e. The van der Waals surface area contributed by atoms with Gasteiger partial charge in [-0.2, -0.15) is 5.26 Å². The summed E-state index contributed by atoms with van der Waals surface area (Å²) in [7, 11) is 0. The highest BCUT2D eigenvalue weighted by Crippen LogP contribution is 2.31. The molecule has 0 amide bonds. The summed E-state index contributed by atoms with van der Waals surface area (Å²) in [6.45, 7) is 1.55. The lowest BCUT2D eigenvalue weighted by Crippen LogP contribution is -2.48. The van der Waals surface area contributed by atoms with Crippen LogP contribution in [0.5, 0.6) is 0 Å². The molecule has 1 heterocycles. The molecule has 2 rings (SSSR count). The average Bonchev–Trinajstić information content (AvgIpc) is 2.06. The SMILES string of the molecule is N#CC1(F)CCN(C2CCC2)CC1. The maximum atomic E-state index is 13.5. The van der Waals surface area contributed by atoms with Crippen LogP contribution in [0.2, 0.25) is 0 Å². The summed E-state index contributed by atoms with van der Waals surface area (Å²) in [6.07, 6.45) is 4.66. The van der Waals surface area contributed by atoms with E-state index >= 15 is 0 Å². The summed E-state index contributed by atoms with van der Waals surface area (Å²) in [5.74, 6) is 0. The van der Waals surface area contributed by atoms with Crippen molar-refractivity contribution in [2.75, 3.05) is 13.1 Å². The van der Waals surface area contributed by atoms with Crippen LogP contribution in [0.3, 0.4) is 0 Å². The Labute approximate surface area is 78.3 Å². The van der Waals surface area contributed by atoms with Crippen molar-refractivity contribution in [1.82, 2.24) is 4.90 Å². The van der Waals surface area contributed by atoms with Crippen molar-refractivity contribution in [3.8, 4) is 6.07 Å². The van der Waals surface area contributed by atoms with Crippen LogP contribution in [0.4, 0.5) is 4.39 Å². The second-order valence-electron chi connectivity index (χ2n) is 4.20.